The van der Waals surface area contributed by atoms with E-state index in [1.165, 1.54) is 57.8 Å². The topological polar surface area (TPSA) is 67.4 Å². The van der Waals surface area contributed by atoms with Gasteiger partial charge in [0.25, 0.3) is 5.91 Å². The Morgan fingerprint density at radius 1 is 0.821 bits per heavy atom. The Morgan fingerprint density at radius 2 is 1.39 bits per heavy atom. The van der Waals surface area contributed by atoms with E-state index >= 15 is 0 Å². The lowest BCUT2D eigenvalue weighted by atomic mass is 10.1. The highest BCUT2D eigenvalue weighted by molar-refractivity contribution is 5.82. The lowest BCUT2D eigenvalue weighted by Gasteiger charge is -2.09. The number of amides is 2. The molecule has 0 radical (unpaired) electrons. The number of hydrazine groups is 1. The molecular formula is C23H38N2O3. The average Bonchev–Trinajstić information content (AvgIpc) is 2.69. The minimum Gasteiger partial charge on any atom is -0.484 e. The molecule has 5 nitrogen and oxygen atoms in total. The highest BCUT2D eigenvalue weighted by Gasteiger charge is 2.06. The minimum absolute atomic E-state index is 0.123. The molecule has 158 valence electrons. The van der Waals surface area contributed by atoms with Crippen molar-refractivity contribution in [2.75, 3.05) is 6.61 Å². The highest BCUT2D eigenvalue weighted by Crippen LogP contribution is 2.12. The van der Waals surface area contributed by atoms with Gasteiger partial charge < -0.3 is 4.74 Å². The van der Waals surface area contributed by atoms with Gasteiger partial charge in [-0.15, -0.1) is 0 Å². The minimum atomic E-state index is -0.367. The van der Waals surface area contributed by atoms with E-state index in [0.29, 0.717) is 12.2 Å². The van der Waals surface area contributed by atoms with Crippen LogP contribution in [0.15, 0.2) is 24.3 Å². The smallest absolute Gasteiger partial charge is 0.276 e. The Hall–Kier alpha value is -2.04. The van der Waals surface area contributed by atoms with Gasteiger partial charge in [-0.3, -0.25) is 20.4 Å². The van der Waals surface area contributed by atoms with E-state index in [1.807, 2.05) is 25.1 Å². The van der Waals surface area contributed by atoms with Crippen molar-refractivity contribution in [1.82, 2.24) is 10.9 Å². The zero-order chi connectivity index (χ0) is 20.5. The van der Waals surface area contributed by atoms with Crippen LogP contribution in [0.5, 0.6) is 5.75 Å². The number of nitrogens with one attached hydrogen (secondary N) is 2. The number of carbonyl (C=O) groups is 2. The summed E-state index contributed by atoms with van der Waals surface area (Å²) in [6.45, 7) is 4.08. The van der Waals surface area contributed by atoms with Crippen molar-refractivity contribution in [3.05, 3.63) is 29.8 Å². The summed E-state index contributed by atoms with van der Waals surface area (Å²) in [6.07, 6.45) is 14.2. The summed E-state index contributed by atoms with van der Waals surface area (Å²) in [5, 5.41) is 0. The monoisotopic (exact) mass is 390 g/mol. The van der Waals surface area contributed by atoms with Gasteiger partial charge in [-0.25, -0.2) is 0 Å². The number of carbonyl (C=O) groups excluding carboxylic acids is 2. The number of benzene rings is 1. The van der Waals surface area contributed by atoms with Crippen molar-refractivity contribution in [2.24, 2.45) is 0 Å². The Labute approximate surface area is 170 Å². The highest BCUT2D eigenvalue weighted by atomic mass is 16.5. The van der Waals surface area contributed by atoms with Crippen LogP contribution in [0.4, 0.5) is 0 Å². The molecule has 0 unspecified atom stereocenters. The third-order valence-corrected chi connectivity index (χ3v) is 4.71. The van der Waals surface area contributed by atoms with Crippen LogP contribution >= 0.6 is 0 Å². The van der Waals surface area contributed by atoms with E-state index in [9.17, 15) is 9.59 Å². The second-order valence-corrected chi connectivity index (χ2v) is 7.49. The first-order valence-electron chi connectivity index (χ1n) is 10.9. The van der Waals surface area contributed by atoms with Crippen LogP contribution in [0.1, 0.15) is 89.5 Å². The second kappa shape index (κ2) is 16.0. The summed E-state index contributed by atoms with van der Waals surface area (Å²) < 4.78 is 5.39. The third kappa shape index (κ3) is 13.2. The summed E-state index contributed by atoms with van der Waals surface area (Å²) in [4.78, 5) is 23.5. The summed E-state index contributed by atoms with van der Waals surface area (Å²) in [5.74, 6) is 0.121. The molecule has 0 saturated carbocycles. The number of hydrogen-bond donors (Lipinski definition) is 2. The Balaban J connectivity index is 1.92. The largest absolute Gasteiger partial charge is 0.484 e. The molecule has 0 atom stereocenters. The standard InChI is InChI=1S/C23H38N2O3/c1-3-4-5-6-7-8-9-10-11-12-13-17-22(26)24-25-23(27)19-28-21-16-14-15-20(2)18-21/h14-16,18H,3-13,17,19H2,1-2H3,(H,24,26)(H,25,27). The van der Waals surface area contributed by atoms with Crippen molar-refractivity contribution >= 4 is 11.8 Å². The predicted molar refractivity (Wildman–Crippen MR) is 114 cm³/mol. The van der Waals surface area contributed by atoms with Crippen LogP contribution in [0.3, 0.4) is 0 Å². The number of ether oxygens (including phenoxy) is 1. The Bertz CT molecular complexity index is 561. The van der Waals surface area contributed by atoms with Gasteiger partial charge in [0.2, 0.25) is 5.91 Å². The maximum atomic E-state index is 11.8. The van der Waals surface area contributed by atoms with E-state index < -0.39 is 0 Å². The fourth-order valence-corrected chi connectivity index (χ4v) is 3.04. The fourth-order valence-electron chi connectivity index (χ4n) is 3.04. The average molecular weight is 391 g/mol. The first-order chi connectivity index (χ1) is 13.6. The van der Waals surface area contributed by atoms with Crippen molar-refractivity contribution < 1.29 is 14.3 Å². The maximum Gasteiger partial charge on any atom is 0.276 e. The first-order valence-corrected chi connectivity index (χ1v) is 10.9. The molecule has 1 aromatic carbocycles. The maximum absolute atomic E-state index is 11.8. The molecule has 0 aliphatic carbocycles. The molecule has 0 aliphatic rings. The molecule has 0 aliphatic heterocycles. The van der Waals surface area contributed by atoms with E-state index in [0.717, 1.165) is 18.4 Å². The first kappa shape index (κ1) is 24.0. The van der Waals surface area contributed by atoms with Gasteiger partial charge in [-0.2, -0.15) is 0 Å². The van der Waals surface area contributed by atoms with Crippen molar-refractivity contribution in [3.63, 3.8) is 0 Å². The van der Waals surface area contributed by atoms with Gasteiger partial charge in [0.1, 0.15) is 5.75 Å². The van der Waals surface area contributed by atoms with Gasteiger partial charge in [-0.1, -0.05) is 83.3 Å². The van der Waals surface area contributed by atoms with Gasteiger partial charge in [0, 0.05) is 6.42 Å². The zero-order valence-corrected chi connectivity index (χ0v) is 17.7. The lowest BCUT2D eigenvalue weighted by molar-refractivity contribution is -0.130. The Kier molecular flexibility index (Phi) is 13.7. The second-order valence-electron chi connectivity index (χ2n) is 7.49. The normalized spacial score (nSPS) is 10.5. The van der Waals surface area contributed by atoms with E-state index in [4.69, 9.17) is 4.74 Å². The molecule has 2 N–H and O–H groups in total. The van der Waals surface area contributed by atoms with Gasteiger partial charge in [0.15, 0.2) is 6.61 Å². The summed E-state index contributed by atoms with van der Waals surface area (Å²) in [5.41, 5.74) is 5.91. The Morgan fingerprint density at radius 3 is 2.00 bits per heavy atom. The molecule has 1 rings (SSSR count). The molecule has 0 spiro atoms. The number of unbranched alkanes of at least 4 members (excludes halogenated alkanes) is 10. The summed E-state index contributed by atoms with van der Waals surface area (Å²) in [6, 6.07) is 7.49. The van der Waals surface area contributed by atoms with Gasteiger partial charge >= 0.3 is 0 Å². The molecule has 5 heteroatoms. The molecule has 2 amide bonds. The van der Waals surface area contributed by atoms with Crippen molar-refractivity contribution in [1.29, 1.82) is 0 Å². The van der Waals surface area contributed by atoms with Crippen LogP contribution in [-0.2, 0) is 9.59 Å². The van der Waals surface area contributed by atoms with Crippen LogP contribution in [-0.4, -0.2) is 18.4 Å². The van der Waals surface area contributed by atoms with Crippen LogP contribution in [0.25, 0.3) is 0 Å². The third-order valence-electron chi connectivity index (χ3n) is 4.71. The quantitative estimate of drug-likeness (QED) is 0.319. The van der Waals surface area contributed by atoms with Gasteiger partial charge in [-0.05, 0) is 31.0 Å². The molecule has 0 fully saturated rings. The van der Waals surface area contributed by atoms with Crippen molar-refractivity contribution in [3.8, 4) is 5.75 Å². The van der Waals surface area contributed by atoms with Crippen LogP contribution in [0, 0.1) is 6.92 Å². The van der Waals surface area contributed by atoms with E-state index in [1.54, 1.807) is 6.07 Å². The summed E-state index contributed by atoms with van der Waals surface area (Å²) in [7, 11) is 0. The lowest BCUT2D eigenvalue weighted by Crippen LogP contribution is -2.43. The van der Waals surface area contributed by atoms with Crippen molar-refractivity contribution in [2.45, 2.75) is 90.9 Å². The van der Waals surface area contributed by atoms with Crippen LogP contribution < -0.4 is 15.6 Å². The molecule has 0 heterocycles. The molecule has 0 bridgehead atoms. The SMILES string of the molecule is CCCCCCCCCCCCCC(=O)NNC(=O)COc1cccc(C)c1. The number of rotatable bonds is 15. The molecule has 1 aromatic rings. The van der Waals surface area contributed by atoms with Crippen LogP contribution in [0.2, 0.25) is 0 Å². The number of hydrogen-bond acceptors (Lipinski definition) is 3. The predicted octanol–water partition coefficient (Wildman–Crippen LogP) is 5.22. The molecule has 0 saturated heterocycles. The van der Waals surface area contributed by atoms with E-state index in [2.05, 4.69) is 17.8 Å². The fraction of sp³-hybridized carbons (Fsp3) is 0.652. The van der Waals surface area contributed by atoms with E-state index in [-0.39, 0.29) is 18.4 Å². The summed E-state index contributed by atoms with van der Waals surface area (Å²) >= 11 is 0. The zero-order valence-electron chi connectivity index (χ0n) is 17.7. The molecule has 28 heavy (non-hydrogen) atoms. The molecule has 0 aromatic heterocycles. The number of aryl methyl sites for hydroxylation is 1. The molecular weight excluding hydrogens is 352 g/mol. The van der Waals surface area contributed by atoms with Gasteiger partial charge in [0.05, 0.1) is 0 Å².